The molecular formula is C17H25N3O3S. The molecule has 0 unspecified atom stereocenters. The predicted octanol–water partition coefficient (Wildman–Crippen LogP) is 1.34. The SMILES string of the molecule is O=C(NC1CCCC1)c1ccc(S(=O)(=O)N2CCCNCC2)cc1. The fourth-order valence-corrected chi connectivity index (χ4v) is 4.81. The zero-order valence-electron chi connectivity index (χ0n) is 13.8. The normalized spacial score (nSPS) is 20.7. The van der Waals surface area contributed by atoms with Crippen LogP contribution in [-0.2, 0) is 10.0 Å². The van der Waals surface area contributed by atoms with Crippen molar-refractivity contribution < 1.29 is 13.2 Å². The lowest BCUT2D eigenvalue weighted by atomic mass is 10.2. The largest absolute Gasteiger partial charge is 0.349 e. The maximum Gasteiger partial charge on any atom is 0.251 e. The van der Waals surface area contributed by atoms with E-state index < -0.39 is 10.0 Å². The summed E-state index contributed by atoms with van der Waals surface area (Å²) in [5, 5.41) is 6.22. The third kappa shape index (κ3) is 3.96. The van der Waals surface area contributed by atoms with Gasteiger partial charge in [0.25, 0.3) is 5.91 Å². The molecule has 2 N–H and O–H groups in total. The van der Waals surface area contributed by atoms with Gasteiger partial charge in [-0.25, -0.2) is 8.42 Å². The highest BCUT2D eigenvalue weighted by atomic mass is 32.2. The van der Waals surface area contributed by atoms with Crippen LogP contribution in [0.5, 0.6) is 0 Å². The second kappa shape index (κ2) is 7.63. The molecule has 1 aliphatic heterocycles. The molecular weight excluding hydrogens is 326 g/mol. The van der Waals surface area contributed by atoms with Crippen molar-refractivity contribution in [3.05, 3.63) is 29.8 Å². The molecule has 1 saturated carbocycles. The molecule has 7 heteroatoms. The summed E-state index contributed by atoms with van der Waals surface area (Å²) in [7, 11) is -3.49. The fourth-order valence-electron chi connectivity index (χ4n) is 3.33. The average molecular weight is 351 g/mol. The van der Waals surface area contributed by atoms with Crippen LogP contribution < -0.4 is 10.6 Å². The van der Waals surface area contributed by atoms with Crippen LogP contribution in [0.15, 0.2) is 29.2 Å². The van der Waals surface area contributed by atoms with Crippen LogP contribution in [0, 0.1) is 0 Å². The standard InChI is InChI=1S/C17H25N3O3S/c21-17(19-15-4-1-2-5-15)14-6-8-16(9-7-14)24(22,23)20-12-3-10-18-11-13-20/h6-9,15,18H,1-5,10-13H2,(H,19,21). The Kier molecular flexibility index (Phi) is 5.53. The van der Waals surface area contributed by atoms with Crippen molar-refractivity contribution in [2.45, 2.75) is 43.0 Å². The molecule has 0 bridgehead atoms. The number of carbonyl (C=O) groups is 1. The third-order valence-electron chi connectivity index (χ3n) is 4.74. The van der Waals surface area contributed by atoms with Crippen LogP contribution in [-0.4, -0.2) is 50.9 Å². The van der Waals surface area contributed by atoms with Crippen molar-refractivity contribution >= 4 is 15.9 Å². The van der Waals surface area contributed by atoms with Crippen molar-refractivity contribution in [2.24, 2.45) is 0 Å². The molecule has 6 nitrogen and oxygen atoms in total. The van der Waals surface area contributed by atoms with E-state index in [-0.39, 0.29) is 16.8 Å². The molecule has 2 aliphatic rings. The minimum absolute atomic E-state index is 0.121. The van der Waals surface area contributed by atoms with E-state index in [1.54, 1.807) is 12.1 Å². The van der Waals surface area contributed by atoms with Crippen LogP contribution in [0.3, 0.4) is 0 Å². The molecule has 2 fully saturated rings. The number of nitrogens with zero attached hydrogens (tertiary/aromatic N) is 1. The molecule has 1 amide bonds. The van der Waals surface area contributed by atoms with Gasteiger partial charge in [0.2, 0.25) is 10.0 Å². The first-order chi connectivity index (χ1) is 11.6. The van der Waals surface area contributed by atoms with E-state index in [9.17, 15) is 13.2 Å². The van der Waals surface area contributed by atoms with Crippen LogP contribution in [0.4, 0.5) is 0 Å². The Morgan fingerprint density at radius 3 is 2.46 bits per heavy atom. The highest BCUT2D eigenvalue weighted by Crippen LogP contribution is 2.20. The van der Waals surface area contributed by atoms with Gasteiger partial charge in [-0.15, -0.1) is 0 Å². The smallest absolute Gasteiger partial charge is 0.251 e. The van der Waals surface area contributed by atoms with Gasteiger partial charge in [0.05, 0.1) is 4.90 Å². The number of carbonyl (C=O) groups excluding carboxylic acids is 1. The summed E-state index contributed by atoms with van der Waals surface area (Å²) in [6, 6.07) is 6.54. The van der Waals surface area contributed by atoms with Gasteiger partial charge in [0.1, 0.15) is 0 Å². The van der Waals surface area contributed by atoms with Gasteiger partial charge in [-0.3, -0.25) is 4.79 Å². The molecule has 1 saturated heterocycles. The molecule has 1 aromatic carbocycles. The molecule has 1 heterocycles. The Balaban J connectivity index is 1.69. The van der Waals surface area contributed by atoms with Gasteiger partial charge in [-0.1, -0.05) is 12.8 Å². The Bertz CT molecular complexity index is 659. The lowest BCUT2D eigenvalue weighted by Gasteiger charge is -2.19. The average Bonchev–Trinajstić information content (AvgIpc) is 2.93. The van der Waals surface area contributed by atoms with Crippen molar-refractivity contribution in [1.29, 1.82) is 0 Å². The van der Waals surface area contributed by atoms with Gasteiger partial charge in [-0.2, -0.15) is 4.31 Å². The van der Waals surface area contributed by atoms with Crippen LogP contribution >= 0.6 is 0 Å². The Morgan fingerprint density at radius 1 is 1.04 bits per heavy atom. The van der Waals surface area contributed by atoms with Gasteiger partial charge in [0.15, 0.2) is 0 Å². The van der Waals surface area contributed by atoms with Crippen molar-refractivity contribution in [2.75, 3.05) is 26.2 Å². The summed E-state index contributed by atoms with van der Waals surface area (Å²) >= 11 is 0. The van der Waals surface area contributed by atoms with Gasteiger partial charge < -0.3 is 10.6 Å². The van der Waals surface area contributed by atoms with Crippen LogP contribution in [0.25, 0.3) is 0 Å². The van der Waals surface area contributed by atoms with Crippen LogP contribution in [0.1, 0.15) is 42.5 Å². The van der Waals surface area contributed by atoms with E-state index >= 15 is 0 Å². The third-order valence-corrected chi connectivity index (χ3v) is 6.66. The molecule has 0 atom stereocenters. The van der Waals surface area contributed by atoms with Gasteiger partial charge in [0, 0.05) is 31.2 Å². The number of amides is 1. The first-order valence-electron chi connectivity index (χ1n) is 8.69. The second-order valence-electron chi connectivity index (χ2n) is 6.49. The number of sulfonamides is 1. The minimum atomic E-state index is -3.49. The number of hydrogen-bond acceptors (Lipinski definition) is 4. The lowest BCUT2D eigenvalue weighted by molar-refractivity contribution is 0.0938. The monoisotopic (exact) mass is 351 g/mol. The van der Waals surface area contributed by atoms with E-state index in [1.165, 1.54) is 16.4 Å². The maximum absolute atomic E-state index is 12.7. The number of hydrogen-bond donors (Lipinski definition) is 2. The summed E-state index contributed by atoms with van der Waals surface area (Å²) in [6.45, 7) is 2.51. The summed E-state index contributed by atoms with van der Waals surface area (Å²) in [6.07, 6.45) is 5.18. The van der Waals surface area contributed by atoms with E-state index in [2.05, 4.69) is 10.6 Å². The molecule has 0 radical (unpaired) electrons. The second-order valence-corrected chi connectivity index (χ2v) is 8.42. The maximum atomic E-state index is 12.7. The summed E-state index contributed by atoms with van der Waals surface area (Å²) in [5.74, 6) is -0.121. The Labute approximate surface area is 143 Å². The Hall–Kier alpha value is -1.44. The summed E-state index contributed by atoms with van der Waals surface area (Å²) in [4.78, 5) is 12.5. The number of rotatable bonds is 4. The van der Waals surface area contributed by atoms with Gasteiger partial charge >= 0.3 is 0 Å². The Morgan fingerprint density at radius 2 is 1.75 bits per heavy atom. The quantitative estimate of drug-likeness (QED) is 0.858. The molecule has 1 aromatic rings. The van der Waals surface area contributed by atoms with Crippen LogP contribution in [0.2, 0.25) is 0 Å². The molecule has 0 aromatic heterocycles. The fraction of sp³-hybridized carbons (Fsp3) is 0.588. The van der Waals surface area contributed by atoms with Crippen molar-refractivity contribution in [1.82, 2.24) is 14.9 Å². The van der Waals surface area contributed by atoms with E-state index in [0.717, 1.165) is 38.6 Å². The summed E-state index contributed by atoms with van der Waals surface area (Å²) < 4.78 is 26.9. The molecule has 132 valence electrons. The molecule has 1 aliphatic carbocycles. The number of benzene rings is 1. The number of nitrogens with one attached hydrogen (secondary N) is 2. The van der Waals surface area contributed by atoms with E-state index in [0.29, 0.717) is 25.2 Å². The predicted molar refractivity (Wildman–Crippen MR) is 92.4 cm³/mol. The topological polar surface area (TPSA) is 78.5 Å². The highest BCUT2D eigenvalue weighted by molar-refractivity contribution is 7.89. The molecule has 24 heavy (non-hydrogen) atoms. The molecule has 0 spiro atoms. The van der Waals surface area contributed by atoms with E-state index in [1.807, 2.05) is 0 Å². The first-order valence-corrected chi connectivity index (χ1v) is 10.1. The highest BCUT2D eigenvalue weighted by Gasteiger charge is 2.25. The minimum Gasteiger partial charge on any atom is -0.349 e. The first kappa shape index (κ1) is 17.4. The molecule has 3 rings (SSSR count). The summed E-state index contributed by atoms with van der Waals surface area (Å²) in [5.41, 5.74) is 0.512. The zero-order valence-corrected chi connectivity index (χ0v) is 14.6. The van der Waals surface area contributed by atoms with Crippen molar-refractivity contribution in [3.8, 4) is 0 Å². The van der Waals surface area contributed by atoms with Gasteiger partial charge in [-0.05, 0) is 50.1 Å². The van der Waals surface area contributed by atoms with E-state index in [4.69, 9.17) is 0 Å². The van der Waals surface area contributed by atoms with Crippen molar-refractivity contribution in [3.63, 3.8) is 0 Å². The zero-order chi connectivity index (χ0) is 17.0. The lowest BCUT2D eigenvalue weighted by Crippen LogP contribution is -2.34.